The van der Waals surface area contributed by atoms with Crippen LogP contribution in [0.15, 0.2) is 16.6 Å². The molecule has 0 atom stereocenters. The van der Waals surface area contributed by atoms with Gasteiger partial charge >= 0.3 is 7.12 Å². The maximum atomic E-state index is 13.3. The molecule has 0 heterocycles. The number of hydrogen-bond donors (Lipinski definition) is 2. The molecule has 0 aliphatic rings. The van der Waals surface area contributed by atoms with E-state index in [4.69, 9.17) is 14.8 Å². The van der Waals surface area contributed by atoms with Gasteiger partial charge in [-0.3, -0.25) is 0 Å². The Hall–Kier alpha value is -0.585. The number of hydrogen-bond acceptors (Lipinski definition) is 3. The van der Waals surface area contributed by atoms with Crippen LogP contribution in [0.3, 0.4) is 0 Å². The molecule has 0 saturated heterocycles. The molecule has 0 bridgehead atoms. The second-order valence-corrected chi connectivity index (χ2v) is 3.52. The minimum absolute atomic E-state index is 0.134. The molecule has 14 heavy (non-hydrogen) atoms. The van der Waals surface area contributed by atoms with E-state index in [1.807, 2.05) is 0 Å². The van der Waals surface area contributed by atoms with Gasteiger partial charge in [-0.05, 0) is 19.1 Å². The highest BCUT2D eigenvalue weighted by Gasteiger charge is 2.22. The topological polar surface area (TPSA) is 49.7 Å². The molecule has 6 heteroatoms. The van der Waals surface area contributed by atoms with Crippen LogP contribution >= 0.6 is 15.9 Å². The van der Waals surface area contributed by atoms with Crippen molar-refractivity contribution < 1.29 is 19.2 Å². The van der Waals surface area contributed by atoms with Gasteiger partial charge in [0.1, 0.15) is 11.6 Å². The third-order valence-electron chi connectivity index (χ3n) is 1.61. The minimum atomic E-state index is -1.87. The summed E-state index contributed by atoms with van der Waals surface area (Å²) in [7, 11) is -1.87. The van der Waals surface area contributed by atoms with E-state index in [1.54, 1.807) is 6.92 Å². The van der Waals surface area contributed by atoms with Crippen LogP contribution in [0.4, 0.5) is 4.39 Å². The molecular weight excluding hydrogens is 254 g/mol. The quantitative estimate of drug-likeness (QED) is 0.788. The average Bonchev–Trinajstić information content (AvgIpc) is 2.01. The van der Waals surface area contributed by atoms with Crippen molar-refractivity contribution in [3.8, 4) is 5.75 Å². The van der Waals surface area contributed by atoms with Crippen molar-refractivity contribution in [2.75, 3.05) is 6.61 Å². The third-order valence-corrected chi connectivity index (χ3v) is 2.07. The lowest BCUT2D eigenvalue weighted by Crippen LogP contribution is -2.34. The lowest BCUT2D eigenvalue weighted by molar-refractivity contribution is 0.337. The van der Waals surface area contributed by atoms with Gasteiger partial charge in [0, 0.05) is 4.47 Å². The summed E-state index contributed by atoms with van der Waals surface area (Å²) in [5, 5.41) is 17.8. The summed E-state index contributed by atoms with van der Waals surface area (Å²) in [5.41, 5.74) is -0.241. The molecule has 3 nitrogen and oxygen atoms in total. The summed E-state index contributed by atoms with van der Waals surface area (Å²) in [6, 6.07) is 2.64. The van der Waals surface area contributed by atoms with Gasteiger partial charge in [0.25, 0.3) is 0 Å². The van der Waals surface area contributed by atoms with E-state index in [1.165, 1.54) is 6.07 Å². The lowest BCUT2D eigenvalue weighted by Gasteiger charge is -2.10. The molecule has 0 aromatic heterocycles. The fourth-order valence-corrected chi connectivity index (χ4v) is 1.50. The number of rotatable bonds is 3. The van der Waals surface area contributed by atoms with Crippen molar-refractivity contribution in [3.63, 3.8) is 0 Å². The molecule has 2 N–H and O–H groups in total. The molecule has 0 amide bonds. The van der Waals surface area contributed by atoms with Crippen LogP contribution in [-0.4, -0.2) is 23.8 Å². The predicted molar refractivity (Wildman–Crippen MR) is 55.1 cm³/mol. The Labute approximate surface area is 89.8 Å². The standard InChI is InChI=1S/C8H9BBrFO3/c1-2-14-7-4-5(10)3-6(11)8(7)9(12)13/h3-4,12-13H,2H2,1H3. The minimum Gasteiger partial charge on any atom is -0.494 e. The van der Waals surface area contributed by atoms with Gasteiger partial charge in [-0.25, -0.2) is 4.39 Å². The second kappa shape index (κ2) is 4.77. The van der Waals surface area contributed by atoms with Gasteiger partial charge in [0.15, 0.2) is 0 Å². The maximum Gasteiger partial charge on any atom is 0.495 e. The normalized spacial score (nSPS) is 10.1. The van der Waals surface area contributed by atoms with Crippen molar-refractivity contribution in [1.29, 1.82) is 0 Å². The fourth-order valence-electron chi connectivity index (χ4n) is 1.09. The summed E-state index contributed by atoms with van der Waals surface area (Å²) in [6.07, 6.45) is 0. The van der Waals surface area contributed by atoms with Gasteiger partial charge in [-0.1, -0.05) is 15.9 Å². The Morgan fingerprint density at radius 2 is 2.14 bits per heavy atom. The van der Waals surface area contributed by atoms with E-state index in [-0.39, 0.29) is 11.2 Å². The highest BCUT2D eigenvalue weighted by atomic mass is 79.9. The Kier molecular flexibility index (Phi) is 3.91. The van der Waals surface area contributed by atoms with Gasteiger partial charge in [-0.2, -0.15) is 0 Å². The van der Waals surface area contributed by atoms with E-state index < -0.39 is 12.9 Å². The van der Waals surface area contributed by atoms with Crippen LogP contribution in [0.25, 0.3) is 0 Å². The van der Waals surface area contributed by atoms with Crippen molar-refractivity contribution in [1.82, 2.24) is 0 Å². The van der Waals surface area contributed by atoms with E-state index >= 15 is 0 Å². The summed E-state index contributed by atoms with van der Waals surface area (Å²) < 4.78 is 18.8. The third kappa shape index (κ3) is 2.46. The highest BCUT2D eigenvalue weighted by Crippen LogP contribution is 2.19. The van der Waals surface area contributed by atoms with Crippen molar-refractivity contribution in [2.45, 2.75) is 6.92 Å². The molecule has 0 radical (unpaired) electrons. The zero-order valence-corrected chi connectivity index (χ0v) is 9.08. The molecule has 1 aromatic rings. The fraction of sp³-hybridized carbons (Fsp3) is 0.250. The molecule has 0 spiro atoms. The van der Waals surface area contributed by atoms with Gasteiger partial charge in [0.05, 0.1) is 12.1 Å². The first-order chi connectivity index (χ1) is 6.56. The summed E-state index contributed by atoms with van der Waals surface area (Å²) in [5.74, 6) is -0.577. The van der Waals surface area contributed by atoms with Crippen LogP contribution in [-0.2, 0) is 0 Å². The highest BCUT2D eigenvalue weighted by molar-refractivity contribution is 9.10. The molecule has 0 fully saturated rings. The average molecular weight is 263 g/mol. The molecule has 0 unspecified atom stereocenters. The number of benzene rings is 1. The molecule has 76 valence electrons. The van der Waals surface area contributed by atoms with Gasteiger partial charge in [0.2, 0.25) is 0 Å². The molecule has 1 rings (SSSR count). The van der Waals surface area contributed by atoms with E-state index in [9.17, 15) is 4.39 Å². The van der Waals surface area contributed by atoms with Gasteiger partial charge < -0.3 is 14.8 Å². The number of ether oxygens (including phenoxy) is 1. The zero-order chi connectivity index (χ0) is 10.7. The first-order valence-corrected chi connectivity index (χ1v) is 4.83. The maximum absolute atomic E-state index is 13.3. The Morgan fingerprint density at radius 3 is 2.64 bits per heavy atom. The molecule has 0 aliphatic heterocycles. The predicted octanol–water partition coefficient (Wildman–Crippen LogP) is 0.667. The summed E-state index contributed by atoms with van der Waals surface area (Å²) in [4.78, 5) is 0. The largest absolute Gasteiger partial charge is 0.495 e. The SMILES string of the molecule is CCOc1cc(Br)cc(F)c1B(O)O. The summed E-state index contributed by atoms with van der Waals surface area (Å²) in [6.45, 7) is 2.06. The lowest BCUT2D eigenvalue weighted by atomic mass is 9.79. The van der Waals surface area contributed by atoms with Crippen molar-refractivity contribution in [2.24, 2.45) is 0 Å². The Morgan fingerprint density at radius 1 is 1.50 bits per heavy atom. The van der Waals surface area contributed by atoms with Crippen LogP contribution in [0.5, 0.6) is 5.75 Å². The Bertz CT molecular complexity index is 333. The number of halogens is 2. The first-order valence-electron chi connectivity index (χ1n) is 4.04. The van der Waals surface area contributed by atoms with E-state index in [0.29, 0.717) is 11.1 Å². The molecule has 0 aliphatic carbocycles. The molecule has 1 aromatic carbocycles. The van der Waals surface area contributed by atoms with Crippen LogP contribution in [0.1, 0.15) is 6.92 Å². The Balaban J connectivity index is 3.21. The summed E-state index contributed by atoms with van der Waals surface area (Å²) >= 11 is 3.08. The van der Waals surface area contributed by atoms with Crippen LogP contribution < -0.4 is 10.2 Å². The van der Waals surface area contributed by atoms with Crippen molar-refractivity contribution >= 4 is 28.5 Å². The van der Waals surface area contributed by atoms with Crippen molar-refractivity contribution in [3.05, 3.63) is 22.4 Å². The molecular formula is C8H9BBrFO3. The smallest absolute Gasteiger partial charge is 0.494 e. The van der Waals surface area contributed by atoms with Gasteiger partial charge in [-0.15, -0.1) is 0 Å². The second-order valence-electron chi connectivity index (χ2n) is 2.61. The monoisotopic (exact) mass is 262 g/mol. The van der Waals surface area contributed by atoms with Crippen LogP contribution in [0, 0.1) is 5.82 Å². The molecule has 0 saturated carbocycles. The van der Waals surface area contributed by atoms with E-state index in [0.717, 1.165) is 6.07 Å². The first kappa shape index (κ1) is 11.5. The van der Waals surface area contributed by atoms with Crippen LogP contribution in [0.2, 0.25) is 0 Å². The zero-order valence-electron chi connectivity index (χ0n) is 7.50. The van der Waals surface area contributed by atoms with E-state index in [2.05, 4.69) is 15.9 Å².